The van der Waals surface area contributed by atoms with Gasteiger partial charge in [0.2, 0.25) is 0 Å². The third-order valence-corrected chi connectivity index (χ3v) is 5.20. The maximum atomic E-state index is 13.6. The molecule has 0 spiro atoms. The average molecular weight is 392 g/mol. The van der Waals surface area contributed by atoms with Gasteiger partial charge in [-0.05, 0) is 25.1 Å². The Morgan fingerprint density at radius 2 is 2.00 bits per heavy atom. The van der Waals surface area contributed by atoms with Crippen LogP contribution in [0.3, 0.4) is 0 Å². The van der Waals surface area contributed by atoms with Crippen LogP contribution < -0.4 is 5.32 Å². The van der Waals surface area contributed by atoms with E-state index in [9.17, 15) is 18.8 Å². The second-order valence-electron chi connectivity index (χ2n) is 5.14. The van der Waals surface area contributed by atoms with Crippen molar-refractivity contribution in [3.63, 3.8) is 0 Å². The fourth-order valence-corrected chi connectivity index (χ4v) is 3.88. The number of carbonyl (C=O) groups is 3. The molecule has 134 valence electrons. The first-order valence-electron chi connectivity index (χ1n) is 7.63. The molecule has 1 N–H and O–H groups in total. The quantitative estimate of drug-likeness (QED) is 0.391. The number of nitrogens with zero attached hydrogens (tertiary/aromatic N) is 1. The molecular weight excluding hydrogens is 379 g/mol. The molecule has 2 aromatic heterocycles. The van der Waals surface area contributed by atoms with Crippen LogP contribution in [-0.4, -0.2) is 29.3 Å². The molecule has 0 bridgehead atoms. The van der Waals surface area contributed by atoms with Crippen LogP contribution in [0.1, 0.15) is 33.5 Å². The van der Waals surface area contributed by atoms with Crippen LogP contribution in [0.25, 0.3) is 10.2 Å². The Hall–Kier alpha value is -2.65. The largest absolute Gasteiger partial charge is 0.466 e. The summed E-state index contributed by atoms with van der Waals surface area (Å²) in [5, 5.41) is 2.11. The maximum Gasteiger partial charge on any atom is 0.313 e. The van der Waals surface area contributed by atoms with Crippen LogP contribution in [0.2, 0.25) is 0 Å². The lowest BCUT2D eigenvalue weighted by Crippen LogP contribution is -2.15. The monoisotopic (exact) mass is 392 g/mol. The van der Waals surface area contributed by atoms with Gasteiger partial charge in [-0.15, -0.1) is 11.3 Å². The van der Waals surface area contributed by atoms with E-state index in [2.05, 4.69) is 10.3 Å². The van der Waals surface area contributed by atoms with E-state index < -0.39 is 29.2 Å². The molecule has 0 aliphatic rings. The van der Waals surface area contributed by atoms with E-state index in [-0.39, 0.29) is 22.2 Å². The smallest absolute Gasteiger partial charge is 0.313 e. The number of rotatable bonds is 6. The summed E-state index contributed by atoms with van der Waals surface area (Å²) in [7, 11) is 0. The number of para-hydroxylation sites is 1. The lowest BCUT2D eigenvalue weighted by Gasteiger charge is -2.04. The molecule has 6 nitrogen and oxygen atoms in total. The number of esters is 1. The summed E-state index contributed by atoms with van der Waals surface area (Å²) in [4.78, 5) is 40.3. The van der Waals surface area contributed by atoms with Crippen LogP contribution >= 0.6 is 22.7 Å². The highest BCUT2D eigenvalue weighted by atomic mass is 32.1. The number of ketones is 1. The van der Waals surface area contributed by atoms with E-state index in [1.165, 1.54) is 11.3 Å². The zero-order valence-electron chi connectivity index (χ0n) is 13.6. The molecule has 3 aromatic rings. The van der Waals surface area contributed by atoms with Crippen molar-refractivity contribution in [2.75, 3.05) is 11.9 Å². The summed E-state index contributed by atoms with van der Waals surface area (Å²) < 4.78 is 19.2. The number of thiazole rings is 1. The lowest BCUT2D eigenvalue weighted by molar-refractivity contribution is -0.141. The Morgan fingerprint density at radius 3 is 2.73 bits per heavy atom. The highest BCUT2D eigenvalue weighted by Crippen LogP contribution is 2.30. The van der Waals surface area contributed by atoms with Crippen molar-refractivity contribution in [2.24, 2.45) is 0 Å². The van der Waals surface area contributed by atoms with E-state index in [1.807, 2.05) is 18.2 Å². The SMILES string of the molecule is CCOC(=O)CC(=O)c1cc(F)sc1NC(=O)c1nc2ccccc2s1. The number of benzene rings is 1. The predicted molar refractivity (Wildman–Crippen MR) is 97.4 cm³/mol. The number of halogens is 1. The number of hydrogen-bond donors (Lipinski definition) is 1. The number of ether oxygens (including phenoxy) is 1. The van der Waals surface area contributed by atoms with Gasteiger partial charge in [0.15, 0.2) is 15.9 Å². The molecule has 26 heavy (non-hydrogen) atoms. The maximum absolute atomic E-state index is 13.6. The molecule has 0 radical (unpaired) electrons. The van der Waals surface area contributed by atoms with Gasteiger partial charge in [0, 0.05) is 0 Å². The van der Waals surface area contributed by atoms with Crippen molar-refractivity contribution in [2.45, 2.75) is 13.3 Å². The van der Waals surface area contributed by atoms with Gasteiger partial charge >= 0.3 is 5.97 Å². The number of amides is 1. The topological polar surface area (TPSA) is 85.4 Å². The van der Waals surface area contributed by atoms with Gasteiger partial charge in [0.1, 0.15) is 11.4 Å². The van der Waals surface area contributed by atoms with Gasteiger partial charge < -0.3 is 10.1 Å². The lowest BCUT2D eigenvalue weighted by atomic mass is 10.1. The van der Waals surface area contributed by atoms with Crippen molar-refractivity contribution in [3.8, 4) is 0 Å². The third kappa shape index (κ3) is 3.94. The molecule has 0 aliphatic carbocycles. The van der Waals surface area contributed by atoms with Crippen LogP contribution in [0, 0.1) is 5.13 Å². The number of thiophene rings is 1. The molecule has 0 fully saturated rings. The zero-order chi connectivity index (χ0) is 18.7. The van der Waals surface area contributed by atoms with Gasteiger partial charge in [-0.2, -0.15) is 4.39 Å². The molecule has 9 heteroatoms. The number of anilines is 1. The first kappa shape index (κ1) is 18.2. The Kier molecular flexibility index (Phi) is 5.38. The highest BCUT2D eigenvalue weighted by molar-refractivity contribution is 7.20. The Bertz CT molecular complexity index is 963. The minimum Gasteiger partial charge on any atom is -0.466 e. The number of carbonyl (C=O) groups excluding carboxylic acids is 3. The van der Waals surface area contributed by atoms with Crippen LogP contribution in [-0.2, 0) is 9.53 Å². The molecule has 1 amide bonds. The number of fused-ring (bicyclic) bond motifs is 1. The van der Waals surface area contributed by atoms with Crippen LogP contribution in [0.5, 0.6) is 0 Å². The standard InChI is InChI=1S/C17H13FN2O4S2/c1-2-24-14(22)8-11(21)9-7-13(18)26-16(9)20-15(23)17-19-10-5-3-4-6-12(10)25-17/h3-7H,2,8H2,1H3,(H,20,23). The molecule has 2 heterocycles. The van der Waals surface area contributed by atoms with E-state index in [0.717, 1.165) is 10.8 Å². The minimum atomic E-state index is -0.701. The van der Waals surface area contributed by atoms with Gasteiger partial charge in [-0.3, -0.25) is 14.4 Å². The Labute approximate surface area is 155 Å². The van der Waals surface area contributed by atoms with E-state index in [0.29, 0.717) is 16.9 Å². The van der Waals surface area contributed by atoms with E-state index in [4.69, 9.17) is 4.74 Å². The Morgan fingerprint density at radius 1 is 1.23 bits per heavy atom. The third-order valence-electron chi connectivity index (χ3n) is 3.33. The van der Waals surface area contributed by atoms with E-state index in [1.54, 1.807) is 13.0 Å². The molecule has 0 aliphatic heterocycles. The zero-order valence-corrected chi connectivity index (χ0v) is 15.2. The van der Waals surface area contributed by atoms with Gasteiger partial charge in [0.05, 0.1) is 22.4 Å². The summed E-state index contributed by atoms with van der Waals surface area (Å²) >= 11 is 1.81. The summed E-state index contributed by atoms with van der Waals surface area (Å²) in [6.45, 7) is 1.77. The predicted octanol–water partition coefficient (Wildman–Crippen LogP) is 3.89. The summed E-state index contributed by atoms with van der Waals surface area (Å²) in [6.07, 6.45) is -0.520. The molecule has 0 saturated heterocycles. The van der Waals surface area contributed by atoms with Gasteiger partial charge in [-0.1, -0.05) is 23.5 Å². The number of nitrogens with one attached hydrogen (secondary N) is 1. The normalized spacial score (nSPS) is 10.7. The molecule has 1 aromatic carbocycles. The highest BCUT2D eigenvalue weighted by Gasteiger charge is 2.22. The summed E-state index contributed by atoms with van der Waals surface area (Å²) in [6, 6.07) is 8.26. The molecule has 0 atom stereocenters. The van der Waals surface area contributed by atoms with E-state index >= 15 is 0 Å². The van der Waals surface area contributed by atoms with Gasteiger partial charge in [0.25, 0.3) is 5.91 Å². The average Bonchev–Trinajstić information content (AvgIpc) is 3.18. The number of Topliss-reactive ketones (excluding diaryl/α,β-unsaturated/α-hetero) is 1. The fourth-order valence-electron chi connectivity index (χ4n) is 2.23. The second kappa shape index (κ2) is 7.71. The van der Waals surface area contributed by atoms with Crippen molar-refractivity contribution >= 4 is 55.6 Å². The van der Waals surface area contributed by atoms with Crippen molar-refractivity contribution < 1.29 is 23.5 Å². The summed E-state index contributed by atoms with van der Waals surface area (Å²) in [5.74, 6) is -1.87. The van der Waals surface area contributed by atoms with Crippen LogP contribution in [0.15, 0.2) is 30.3 Å². The molecular formula is C17H13FN2O4S2. The first-order valence-corrected chi connectivity index (χ1v) is 9.26. The number of hydrogen-bond acceptors (Lipinski definition) is 7. The van der Waals surface area contributed by atoms with Crippen molar-refractivity contribution in [1.29, 1.82) is 0 Å². The second-order valence-corrected chi connectivity index (χ2v) is 7.17. The Balaban J connectivity index is 1.80. The fraction of sp³-hybridized carbons (Fsp3) is 0.176. The summed E-state index contributed by atoms with van der Waals surface area (Å²) in [5.41, 5.74) is 0.619. The molecule has 0 unspecified atom stereocenters. The molecule has 0 saturated carbocycles. The van der Waals surface area contributed by atoms with Crippen LogP contribution in [0.4, 0.5) is 9.39 Å². The van der Waals surface area contributed by atoms with Crippen molar-refractivity contribution in [1.82, 2.24) is 4.98 Å². The minimum absolute atomic E-state index is 0.0426. The van der Waals surface area contributed by atoms with Gasteiger partial charge in [-0.25, -0.2) is 4.98 Å². The first-order chi connectivity index (χ1) is 12.5. The molecule has 3 rings (SSSR count). The van der Waals surface area contributed by atoms with Crippen molar-refractivity contribution in [3.05, 3.63) is 46.0 Å². The number of aromatic nitrogens is 1.